The molecule has 0 aromatic rings. The van der Waals surface area contributed by atoms with Gasteiger partial charge in [0.2, 0.25) is 5.91 Å². The minimum Gasteiger partial charge on any atom is -0.465 e. The molecule has 2 atom stereocenters. The predicted molar refractivity (Wildman–Crippen MR) is 78.3 cm³/mol. The quantitative estimate of drug-likeness (QED) is 0.721. The third-order valence-electron chi connectivity index (χ3n) is 3.51. The van der Waals surface area contributed by atoms with Crippen molar-refractivity contribution in [3.63, 3.8) is 0 Å². The maximum Gasteiger partial charge on any atom is 0.322 e. The van der Waals surface area contributed by atoms with Crippen molar-refractivity contribution in [1.82, 2.24) is 10.2 Å². The Labute approximate surface area is 122 Å². The van der Waals surface area contributed by atoms with Crippen molar-refractivity contribution in [3.05, 3.63) is 0 Å². The number of hydrogen-bond acceptors (Lipinski definition) is 4. The lowest BCUT2D eigenvalue weighted by Crippen LogP contribution is -2.51. The SMILES string of the molecule is CCOC(=O)[C@@H](C)NC(CC(C)C)C(=O)N1CCCC1. The average Bonchev–Trinajstić information content (AvgIpc) is 2.90. The fourth-order valence-electron chi connectivity index (χ4n) is 2.51. The first-order valence-corrected chi connectivity index (χ1v) is 7.67. The Bertz CT molecular complexity index is 325. The highest BCUT2D eigenvalue weighted by molar-refractivity contribution is 5.83. The lowest BCUT2D eigenvalue weighted by Gasteiger charge is -2.27. The van der Waals surface area contributed by atoms with Crippen LogP contribution < -0.4 is 5.32 Å². The number of nitrogens with one attached hydrogen (secondary N) is 1. The van der Waals surface area contributed by atoms with E-state index in [0.29, 0.717) is 12.5 Å². The first-order valence-electron chi connectivity index (χ1n) is 7.67. The Morgan fingerprint density at radius 2 is 1.80 bits per heavy atom. The van der Waals surface area contributed by atoms with E-state index in [1.165, 1.54) is 0 Å². The summed E-state index contributed by atoms with van der Waals surface area (Å²) in [6, 6.07) is -0.752. The van der Waals surface area contributed by atoms with Crippen molar-refractivity contribution in [1.29, 1.82) is 0 Å². The van der Waals surface area contributed by atoms with Gasteiger partial charge in [0.1, 0.15) is 6.04 Å². The summed E-state index contributed by atoms with van der Waals surface area (Å²) in [6.07, 6.45) is 2.89. The largest absolute Gasteiger partial charge is 0.465 e. The van der Waals surface area contributed by atoms with Crippen molar-refractivity contribution in [2.24, 2.45) is 5.92 Å². The summed E-state index contributed by atoms with van der Waals surface area (Å²) in [5.41, 5.74) is 0. The standard InChI is InChI=1S/C15H28N2O3/c1-5-20-15(19)12(4)16-13(10-11(2)3)14(18)17-8-6-7-9-17/h11-13,16H,5-10H2,1-4H3/t12-,13?/m1/s1. The van der Waals surface area contributed by atoms with Crippen LogP contribution in [0.15, 0.2) is 0 Å². The Morgan fingerprint density at radius 1 is 1.20 bits per heavy atom. The van der Waals surface area contributed by atoms with Crippen LogP contribution in [0.25, 0.3) is 0 Å². The highest BCUT2D eigenvalue weighted by Crippen LogP contribution is 2.14. The van der Waals surface area contributed by atoms with Gasteiger partial charge in [-0.3, -0.25) is 14.9 Å². The van der Waals surface area contributed by atoms with Crippen molar-refractivity contribution >= 4 is 11.9 Å². The topological polar surface area (TPSA) is 58.6 Å². The van der Waals surface area contributed by atoms with Crippen LogP contribution in [0, 0.1) is 5.92 Å². The summed E-state index contributed by atoms with van der Waals surface area (Å²) in [7, 11) is 0. The second kappa shape index (κ2) is 8.25. The van der Waals surface area contributed by atoms with Crippen LogP contribution in [0.5, 0.6) is 0 Å². The molecule has 0 aromatic heterocycles. The van der Waals surface area contributed by atoms with E-state index in [2.05, 4.69) is 19.2 Å². The number of likely N-dealkylation sites (tertiary alicyclic amines) is 1. The van der Waals surface area contributed by atoms with Crippen LogP contribution in [-0.2, 0) is 14.3 Å². The predicted octanol–water partition coefficient (Wildman–Crippen LogP) is 1.56. The van der Waals surface area contributed by atoms with Gasteiger partial charge in [-0.2, -0.15) is 0 Å². The van der Waals surface area contributed by atoms with E-state index in [1.54, 1.807) is 13.8 Å². The van der Waals surface area contributed by atoms with Gasteiger partial charge < -0.3 is 9.64 Å². The molecule has 0 spiro atoms. The highest BCUT2D eigenvalue weighted by atomic mass is 16.5. The van der Waals surface area contributed by atoms with Gasteiger partial charge in [-0.25, -0.2) is 0 Å². The highest BCUT2D eigenvalue weighted by Gasteiger charge is 2.29. The molecule has 5 nitrogen and oxygen atoms in total. The zero-order valence-electron chi connectivity index (χ0n) is 13.1. The fourth-order valence-corrected chi connectivity index (χ4v) is 2.51. The summed E-state index contributed by atoms with van der Waals surface area (Å²) in [4.78, 5) is 26.1. The lowest BCUT2D eigenvalue weighted by molar-refractivity contribution is -0.145. The number of ether oxygens (including phenoxy) is 1. The van der Waals surface area contributed by atoms with E-state index in [0.717, 1.165) is 32.4 Å². The van der Waals surface area contributed by atoms with Crippen LogP contribution in [-0.4, -0.2) is 48.6 Å². The smallest absolute Gasteiger partial charge is 0.322 e. The van der Waals surface area contributed by atoms with Gasteiger partial charge in [0.25, 0.3) is 0 Å². The minimum atomic E-state index is -0.453. The van der Waals surface area contributed by atoms with Gasteiger partial charge in [0.05, 0.1) is 12.6 Å². The van der Waals surface area contributed by atoms with Crippen molar-refractivity contribution in [2.45, 2.75) is 59.0 Å². The summed E-state index contributed by atoms with van der Waals surface area (Å²) in [5, 5.41) is 3.14. The van der Waals surface area contributed by atoms with Gasteiger partial charge in [-0.15, -0.1) is 0 Å². The molecule has 1 aliphatic rings. The number of carbonyl (C=O) groups excluding carboxylic acids is 2. The number of carbonyl (C=O) groups is 2. The van der Waals surface area contributed by atoms with E-state index in [4.69, 9.17) is 4.74 Å². The molecule has 0 radical (unpaired) electrons. The number of nitrogens with zero attached hydrogens (tertiary/aromatic N) is 1. The van der Waals surface area contributed by atoms with Gasteiger partial charge >= 0.3 is 5.97 Å². The maximum atomic E-state index is 12.5. The van der Waals surface area contributed by atoms with Gasteiger partial charge in [-0.1, -0.05) is 13.8 Å². The molecule has 1 fully saturated rings. The van der Waals surface area contributed by atoms with E-state index in [1.807, 2.05) is 4.90 Å². The zero-order chi connectivity index (χ0) is 15.1. The lowest BCUT2D eigenvalue weighted by atomic mass is 10.0. The number of amides is 1. The molecule has 0 bridgehead atoms. The van der Waals surface area contributed by atoms with Crippen molar-refractivity contribution < 1.29 is 14.3 Å². The molecular formula is C15H28N2O3. The monoisotopic (exact) mass is 284 g/mol. The van der Waals surface area contributed by atoms with Gasteiger partial charge in [0.15, 0.2) is 0 Å². The van der Waals surface area contributed by atoms with E-state index in [-0.39, 0.29) is 17.9 Å². The van der Waals surface area contributed by atoms with E-state index < -0.39 is 6.04 Å². The molecule has 1 unspecified atom stereocenters. The molecule has 1 aliphatic heterocycles. The van der Waals surface area contributed by atoms with E-state index in [9.17, 15) is 9.59 Å². The molecule has 20 heavy (non-hydrogen) atoms. The minimum absolute atomic E-state index is 0.118. The Morgan fingerprint density at radius 3 is 2.30 bits per heavy atom. The fraction of sp³-hybridized carbons (Fsp3) is 0.867. The van der Waals surface area contributed by atoms with E-state index >= 15 is 0 Å². The Hall–Kier alpha value is -1.10. The molecule has 1 amide bonds. The third-order valence-corrected chi connectivity index (χ3v) is 3.51. The molecule has 0 saturated carbocycles. The van der Waals surface area contributed by atoms with Crippen molar-refractivity contribution in [2.75, 3.05) is 19.7 Å². The van der Waals surface area contributed by atoms with Crippen LogP contribution >= 0.6 is 0 Å². The summed E-state index contributed by atoms with van der Waals surface area (Å²) >= 11 is 0. The first-order chi connectivity index (χ1) is 9.45. The van der Waals surface area contributed by atoms with Crippen LogP contribution in [0.3, 0.4) is 0 Å². The van der Waals surface area contributed by atoms with Gasteiger partial charge in [-0.05, 0) is 39.0 Å². The number of esters is 1. The van der Waals surface area contributed by atoms with Gasteiger partial charge in [0, 0.05) is 13.1 Å². The summed E-state index contributed by atoms with van der Waals surface area (Å²) in [5.74, 6) is 0.219. The summed E-state index contributed by atoms with van der Waals surface area (Å²) < 4.78 is 4.99. The normalized spacial score (nSPS) is 18.1. The molecule has 1 rings (SSSR count). The second-order valence-corrected chi connectivity index (χ2v) is 5.85. The molecule has 0 aromatic carbocycles. The molecule has 1 heterocycles. The van der Waals surface area contributed by atoms with Crippen LogP contribution in [0.2, 0.25) is 0 Å². The molecule has 1 N–H and O–H groups in total. The maximum absolute atomic E-state index is 12.5. The Balaban J connectivity index is 2.63. The molecule has 1 saturated heterocycles. The molecular weight excluding hydrogens is 256 g/mol. The van der Waals surface area contributed by atoms with Crippen LogP contribution in [0.1, 0.15) is 47.0 Å². The van der Waals surface area contributed by atoms with Crippen molar-refractivity contribution in [3.8, 4) is 0 Å². The molecule has 5 heteroatoms. The average molecular weight is 284 g/mol. The molecule has 116 valence electrons. The summed E-state index contributed by atoms with van der Waals surface area (Å²) in [6.45, 7) is 9.74. The number of hydrogen-bond donors (Lipinski definition) is 1. The second-order valence-electron chi connectivity index (χ2n) is 5.85. The number of rotatable bonds is 7. The zero-order valence-corrected chi connectivity index (χ0v) is 13.1. The van der Waals surface area contributed by atoms with Crippen LogP contribution in [0.4, 0.5) is 0 Å². The Kier molecular flexibility index (Phi) is 6.99. The molecule has 0 aliphatic carbocycles. The third kappa shape index (κ3) is 5.12. The first kappa shape index (κ1) is 17.0.